The van der Waals surface area contributed by atoms with Crippen LogP contribution in [0.25, 0.3) is 0 Å². The van der Waals surface area contributed by atoms with Crippen molar-refractivity contribution in [2.75, 3.05) is 37.6 Å². The Hall–Kier alpha value is -1.40. The van der Waals surface area contributed by atoms with Gasteiger partial charge in [0, 0.05) is 32.2 Å². The predicted molar refractivity (Wildman–Crippen MR) is 70.2 cm³/mol. The maximum absolute atomic E-state index is 10.8. The average Bonchev–Trinajstić information content (AvgIpc) is 2.39. The molecule has 0 spiro atoms. The summed E-state index contributed by atoms with van der Waals surface area (Å²) in [6, 6.07) is 1.50. The van der Waals surface area contributed by atoms with E-state index in [9.17, 15) is 10.1 Å². The van der Waals surface area contributed by atoms with E-state index in [1.807, 2.05) is 0 Å². The van der Waals surface area contributed by atoms with Gasteiger partial charge < -0.3 is 9.80 Å². The molecule has 2 heterocycles. The van der Waals surface area contributed by atoms with Crippen LogP contribution in [0.4, 0.5) is 11.4 Å². The highest BCUT2D eigenvalue weighted by Crippen LogP contribution is 2.27. The van der Waals surface area contributed by atoms with E-state index in [1.165, 1.54) is 6.07 Å². The summed E-state index contributed by atoms with van der Waals surface area (Å²) < 4.78 is 0. The highest BCUT2D eigenvalue weighted by atomic mass is 35.5. The predicted octanol–water partition coefficient (Wildman–Crippen LogP) is 1.79. The van der Waals surface area contributed by atoms with Crippen molar-refractivity contribution in [1.82, 2.24) is 9.88 Å². The molecule has 0 aromatic carbocycles. The highest BCUT2D eigenvalue weighted by molar-refractivity contribution is 6.31. The molecule has 1 aliphatic rings. The van der Waals surface area contributed by atoms with Gasteiger partial charge in [0.15, 0.2) is 0 Å². The van der Waals surface area contributed by atoms with Crippen LogP contribution in [-0.2, 0) is 0 Å². The fraction of sp³-hybridized carbons (Fsp3) is 0.545. The Morgan fingerprint density at radius 3 is 2.67 bits per heavy atom. The molecule has 0 saturated carbocycles. The van der Waals surface area contributed by atoms with Crippen LogP contribution in [0.1, 0.15) is 6.92 Å². The van der Waals surface area contributed by atoms with Gasteiger partial charge in [0.05, 0.1) is 16.8 Å². The molecule has 0 N–H and O–H groups in total. The van der Waals surface area contributed by atoms with Gasteiger partial charge in [0.25, 0.3) is 0 Å². The van der Waals surface area contributed by atoms with Crippen LogP contribution in [-0.4, -0.2) is 47.5 Å². The zero-order chi connectivity index (χ0) is 13.1. The van der Waals surface area contributed by atoms with Crippen LogP contribution in [0.3, 0.4) is 0 Å². The molecule has 18 heavy (non-hydrogen) atoms. The maximum atomic E-state index is 10.8. The van der Waals surface area contributed by atoms with Crippen molar-refractivity contribution < 1.29 is 4.92 Å². The average molecular weight is 271 g/mol. The molecular weight excluding hydrogens is 256 g/mol. The third kappa shape index (κ3) is 2.70. The number of rotatable bonds is 3. The van der Waals surface area contributed by atoms with E-state index in [0.717, 1.165) is 38.4 Å². The molecule has 1 fully saturated rings. The van der Waals surface area contributed by atoms with Gasteiger partial charge in [-0.25, -0.2) is 4.98 Å². The van der Waals surface area contributed by atoms with E-state index in [4.69, 9.17) is 11.6 Å². The van der Waals surface area contributed by atoms with Crippen molar-refractivity contribution >= 4 is 23.0 Å². The number of anilines is 1. The number of aromatic nitrogens is 1. The van der Waals surface area contributed by atoms with Crippen LogP contribution in [0, 0.1) is 10.1 Å². The lowest BCUT2D eigenvalue weighted by Crippen LogP contribution is -2.46. The van der Waals surface area contributed by atoms with E-state index in [-0.39, 0.29) is 10.8 Å². The number of piperazine rings is 1. The fourth-order valence-electron chi connectivity index (χ4n) is 2.05. The molecular formula is C11H15ClN4O2. The lowest BCUT2D eigenvalue weighted by Gasteiger charge is -2.35. The third-order valence-corrected chi connectivity index (χ3v) is 3.48. The normalized spacial score (nSPS) is 16.9. The van der Waals surface area contributed by atoms with Crippen molar-refractivity contribution in [1.29, 1.82) is 0 Å². The Bertz CT molecular complexity index is 447. The second-order valence-corrected chi connectivity index (χ2v) is 4.54. The first-order chi connectivity index (χ1) is 8.61. The molecule has 0 amide bonds. The Labute approximate surface area is 110 Å². The second-order valence-electron chi connectivity index (χ2n) is 4.18. The Morgan fingerprint density at radius 2 is 2.11 bits per heavy atom. The van der Waals surface area contributed by atoms with Crippen molar-refractivity contribution in [2.24, 2.45) is 0 Å². The lowest BCUT2D eigenvalue weighted by atomic mass is 10.2. The van der Waals surface area contributed by atoms with Crippen LogP contribution >= 0.6 is 11.6 Å². The number of hydrogen-bond acceptors (Lipinski definition) is 5. The summed E-state index contributed by atoms with van der Waals surface area (Å²) in [7, 11) is 0. The van der Waals surface area contributed by atoms with Gasteiger partial charge in [-0.3, -0.25) is 10.1 Å². The SMILES string of the molecule is CCN1CCN(c2cnc(Cl)c([N+](=O)[O-])c2)CC1. The first-order valence-electron chi connectivity index (χ1n) is 5.89. The Kier molecular flexibility index (Phi) is 3.98. The first-order valence-corrected chi connectivity index (χ1v) is 6.27. The van der Waals surface area contributed by atoms with E-state index >= 15 is 0 Å². The zero-order valence-corrected chi connectivity index (χ0v) is 10.9. The molecule has 98 valence electrons. The minimum absolute atomic E-state index is 0.0593. The molecule has 7 heteroatoms. The third-order valence-electron chi connectivity index (χ3n) is 3.19. The molecule has 0 bridgehead atoms. The summed E-state index contributed by atoms with van der Waals surface area (Å²) in [6.45, 7) is 6.81. The summed E-state index contributed by atoms with van der Waals surface area (Å²) in [4.78, 5) is 18.6. The summed E-state index contributed by atoms with van der Waals surface area (Å²) in [5, 5.41) is 10.8. The van der Waals surface area contributed by atoms with Crippen LogP contribution in [0.2, 0.25) is 5.15 Å². The van der Waals surface area contributed by atoms with E-state index in [1.54, 1.807) is 6.20 Å². The fourth-order valence-corrected chi connectivity index (χ4v) is 2.22. The molecule has 6 nitrogen and oxygen atoms in total. The molecule has 0 unspecified atom stereocenters. The van der Waals surface area contributed by atoms with Gasteiger partial charge in [0.1, 0.15) is 0 Å². The van der Waals surface area contributed by atoms with Crippen molar-refractivity contribution in [3.05, 3.63) is 27.5 Å². The summed E-state index contributed by atoms with van der Waals surface area (Å²) in [5.41, 5.74) is 0.633. The highest BCUT2D eigenvalue weighted by Gasteiger charge is 2.20. The number of halogens is 1. The van der Waals surface area contributed by atoms with Gasteiger partial charge in [-0.2, -0.15) is 0 Å². The summed E-state index contributed by atoms with van der Waals surface area (Å²) in [5.74, 6) is 0. The molecule has 0 atom stereocenters. The zero-order valence-electron chi connectivity index (χ0n) is 10.2. The molecule has 1 aliphatic heterocycles. The van der Waals surface area contributed by atoms with Crippen LogP contribution in [0.15, 0.2) is 12.3 Å². The summed E-state index contributed by atoms with van der Waals surface area (Å²) >= 11 is 5.70. The van der Waals surface area contributed by atoms with Gasteiger partial charge >= 0.3 is 5.69 Å². The molecule has 1 aromatic rings. The maximum Gasteiger partial charge on any atom is 0.308 e. The van der Waals surface area contributed by atoms with Crippen LogP contribution in [0.5, 0.6) is 0 Å². The molecule has 0 aliphatic carbocycles. The molecule has 1 aromatic heterocycles. The molecule has 1 saturated heterocycles. The second kappa shape index (κ2) is 5.49. The Morgan fingerprint density at radius 1 is 1.44 bits per heavy atom. The summed E-state index contributed by atoms with van der Waals surface area (Å²) in [6.07, 6.45) is 1.59. The minimum Gasteiger partial charge on any atom is -0.368 e. The van der Waals surface area contributed by atoms with Crippen molar-refractivity contribution in [3.63, 3.8) is 0 Å². The number of pyridine rings is 1. The largest absolute Gasteiger partial charge is 0.368 e. The number of nitrogens with zero attached hydrogens (tertiary/aromatic N) is 4. The van der Waals surface area contributed by atoms with Crippen LogP contribution < -0.4 is 4.90 Å². The number of likely N-dealkylation sites (N-methyl/N-ethyl adjacent to an activating group) is 1. The molecule has 2 rings (SSSR count). The Balaban J connectivity index is 2.15. The van der Waals surface area contributed by atoms with E-state index < -0.39 is 4.92 Å². The minimum atomic E-state index is -0.499. The monoisotopic (exact) mass is 270 g/mol. The smallest absolute Gasteiger partial charge is 0.308 e. The molecule has 0 radical (unpaired) electrons. The van der Waals surface area contributed by atoms with Gasteiger partial charge in [-0.05, 0) is 6.54 Å². The lowest BCUT2D eigenvalue weighted by molar-refractivity contribution is -0.385. The quantitative estimate of drug-likeness (QED) is 0.476. The number of nitro groups is 1. The topological polar surface area (TPSA) is 62.5 Å². The van der Waals surface area contributed by atoms with E-state index in [2.05, 4.69) is 21.7 Å². The van der Waals surface area contributed by atoms with Crippen molar-refractivity contribution in [3.8, 4) is 0 Å². The standard InChI is InChI=1S/C11H15ClN4O2/c1-2-14-3-5-15(6-4-14)9-7-10(16(17)18)11(12)13-8-9/h7-8H,2-6H2,1H3. The van der Waals surface area contributed by atoms with E-state index in [0.29, 0.717) is 0 Å². The van der Waals surface area contributed by atoms with Gasteiger partial charge in [0.2, 0.25) is 5.15 Å². The van der Waals surface area contributed by atoms with Gasteiger partial charge in [-0.1, -0.05) is 18.5 Å². The first kappa shape index (κ1) is 13.0. The van der Waals surface area contributed by atoms with Crippen molar-refractivity contribution in [2.45, 2.75) is 6.92 Å². The number of hydrogen-bond donors (Lipinski definition) is 0. The van der Waals surface area contributed by atoms with Gasteiger partial charge in [-0.15, -0.1) is 0 Å².